The number of ether oxygens (including phenoxy) is 9. The van der Waals surface area contributed by atoms with E-state index in [4.69, 9.17) is 42.6 Å². The van der Waals surface area contributed by atoms with Crippen LogP contribution in [0.25, 0.3) is 0 Å². The van der Waals surface area contributed by atoms with E-state index in [2.05, 4.69) is 34.4 Å². The van der Waals surface area contributed by atoms with Crippen LogP contribution in [-0.4, -0.2) is 244 Å². The van der Waals surface area contributed by atoms with Crippen molar-refractivity contribution in [3.63, 3.8) is 0 Å². The van der Waals surface area contributed by atoms with Crippen LogP contribution >= 0.6 is 11.8 Å². The van der Waals surface area contributed by atoms with Gasteiger partial charge in [0, 0.05) is 51.2 Å². The monoisotopic (exact) mass is 1100 g/mol. The Morgan fingerprint density at radius 3 is 1.79 bits per heavy atom. The SMILES string of the molecule is C=C.COCC1C(O)C(CO)OC(COCC2C(O)C(CO)OC(COCC3C(OC(=O)NCCNC(=O)Oc4ccc(C=O)cc4)COC(CO)C3O)C2O)C1OC(=O)NCCNC(=O)CC1C(=O)C=C(SC)C1=O. The Balaban J connectivity index is 0.00000616. The van der Waals surface area contributed by atoms with Crippen LogP contribution in [0.1, 0.15) is 16.8 Å². The average Bonchev–Trinajstić information content (AvgIpc) is 3.68. The van der Waals surface area contributed by atoms with Crippen LogP contribution in [0.5, 0.6) is 5.75 Å². The molecular formula is C48H70N4O23S. The lowest BCUT2D eigenvalue weighted by Crippen LogP contribution is -2.60. The van der Waals surface area contributed by atoms with E-state index in [9.17, 15) is 69.3 Å². The molecule has 1 aromatic carbocycles. The van der Waals surface area contributed by atoms with Crippen molar-refractivity contribution in [2.45, 2.75) is 73.6 Å². The van der Waals surface area contributed by atoms with Gasteiger partial charge in [0.25, 0.3) is 0 Å². The Kier molecular flexibility index (Phi) is 27.1. The fourth-order valence-electron chi connectivity index (χ4n) is 8.66. The summed E-state index contributed by atoms with van der Waals surface area (Å²) >= 11 is 1.11. The molecular weight excluding hydrogens is 1030 g/mol. The van der Waals surface area contributed by atoms with Crippen LogP contribution < -0.4 is 26.0 Å². The van der Waals surface area contributed by atoms with E-state index in [1.54, 1.807) is 6.26 Å². The molecule has 1 aliphatic carbocycles. The highest BCUT2D eigenvalue weighted by Gasteiger charge is 2.49. The minimum Gasteiger partial charge on any atom is -0.443 e. The summed E-state index contributed by atoms with van der Waals surface area (Å²) in [4.78, 5) is 86.1. The number of methoxy groups -OCH3 is 1. The second kappa shape index (κ2) is 32.5. The average molecular weight is 1100 g/mol. The lowest BCUT2D eigenvalue weighted by Gasteiger charge is -2.44. The first-order valence-corrected chi connectivity index (χ1v) is 25.4. The minimum absolute atomic E-state index is 0.0730. The number of aldehydes is 1. The molecule has 4 aliphatic rings. The number of carbonyl (C=O) groups is 7. The summed E-state index contributed by atoms with van der Waals surface area (Å²) in [5, 5.41) is 84.6. The molecule has 11 N–H and O–H groups in total. The molecule has 0 aromatic heterocycles. The Labute approximate surface area is 441 Å². The van der Waals surface area contributed by atoms with E-state index < -0.39 is 160 Å². The van der Waals surface area contributed by atoms with E-state index in [1.807, 2.05) is 0 Å². The first-order chi connectivity index (χ1) is 36.6. The molecule has 3 fully saturated rings. The quantitative estimate of drug-likeness (QED) is 0.0190. The number of hydrogen-bond acceptors (Lipinski definition) is 24. The summed E-state index contributed by atoms with van der Waals surface area (Å²) in [6.45, 7) is 1.72. The van der Waals surface area contributed by atoms with Crippen LogP contribution in [0.3, 0.4) is 0 Å². The summed E-state index contributed by atoms with van der Waals surface area (Å²) in [5.74, 6) is -5.51. The topological polar surface area (TPSA) is 392 Å². The zero-order valence-corrected chi connectivity index (χ0v) is 42.8. The number of aliphatic hydroxyl groups excluding tert-OH is 7. The summed E-state index contributed by atoms with van der Waals surface area (Å²) in [6, 6.07) is 5.78. The highest BCUT2D eigenvalue weighted by molar-refractivity contribution is 8.03. The van der Waals surface area contributed by atoms with Crippen LogP contribution in [-0.2, 0) is 52.3 Å². The summed E-state index contributed by atoms with van der Waals surface area (Å²) in [5.41, 5.74) is 0.391. The van der Waals surface area contributed by atoms with Gasteiger partial charge in [-0.2, -0.15) is 0 Å². The van der Waals surface area contributed by atoms with Gasteiger partial charge in [-0.3, -0.25) is 19.2 Å². The zero-order valence-electron chi connectivity index (χ0n) is 42.0. The third kappa shape index (κ3) is 17.9. The summed E-state index contributed by atoms with van der Waals surface area (Å²) in [7, 11) is 1.34. The van der Waals surface area contributed by atoms with Crippen molar-refractivity contribution in [2.75, 3.05) is 99.0 Å². The first kappa shape index (κ1) is 63.4. The number of thioether (sulfide) groups is 1. The molecule has 0 bridgehead atoms. The smallest absolute Gasteiger partial charge is 0.412 e. The predicted molar refractivity (Wildman–Crippen MR) is 263 cm³/mol. The fraction of sp³-hybridized carbons (Fsp3) is 0.646. The normalized spacial score (nSPS) is 30.2. The second-order valence-corrected chi connectivity index (χ2v) is 18.4. The molecule has 0 spiro atoms. The highest BCUT2D eigenvalue weighted by Crippen LogP contribution is 2.32. The molecule has 0 radical (unpaired) electrons. The highest BCUT2D eigenvalue weighted by atomic mass is 32.2. The van der Waals surface area contributed by atoms with Crippen LogP contribution in [0.2, 0.25) is 0 Å². The summed E-state index contributed by atoms with van der Waals surface area (Å²) < 4.78 is 50.6. The number of allylic oxidation sites excluding steroid dienone is 2. The Morgan fingerprint density at radius 2 is 1.21 bits per heavy atom. The number of rotatable bonds is 26. The second-order valence-electron chi connectivity index (χ2n) is 17.6. The van der Waals surface area contributed by atoms with Gasteiger partial charge in [-0.05, 0) is 36.6 Å². The Bertz CT molecular complexity index is 2070. The van der Waals surface area contributed by atoms with Gasteiger partial charge in [0.2, 0.25) is 5.91 Å². The van der Waals surface area contributed by atoms with Crippen molar-refractivity contribution in [3.05, 3.63) is 54.0 Å². The number of carbonyl (C=O) groups excluding carboxylic acids is 7. The third-order valence-corrected chi connectivity index (χ3v) is 13.5. The van der Waals surface area contributed by atoms with Gasteiger partial charge in [0.1, 0.15) is 54.8 Å². The first-order valence-electron chi connectivity index (χ1n) is 24.2. The fourth-order valence-corrected chi connectivity index (χ4v) is 9.24. The van der Waals surface area contributed by atoms with Gasteiger partial charge in [-0.1, -0.05) is 0 Å². The van der Waals surface area contributed by atoms with Crippen molar-refractivity contribution in [3.8, 4) is 5.75 Å². The third-order valence-electron chi connectivity index (χ3n) is 12.7. The number of hydrogen-bond donors (Lipinski definition) is 11. The van der Waals surface area contributed by atoms with Crippen molar-refractivity contribution < 1.29 is 112 Å². The maximum absolute atomic E-state index is 13.1. The van der Waals surface area contributed by atoms with Gasteiger partial charge >= 0.3 is 18.3 Å². The molecule has 15 atom stereocenters. The number of amides is 4. The van der Waals surface area contributed by atoms with Gasteiger partial charge < -0.3 is 99.6 Å². The van der Waals surface area contributed by atoms with E-state index in [1.165, 1.54) is 37.5 Å². The van der Waals surface area contributed by atoms with Crippen LogP contribution in [0, 0.1) is 23.7 Å². The molecule has 3 heterocycles. The number of ketones is 2. The van der Waals surface area contributed by atoms with Gasteiger partial charge in [0.15, 0.2) is 11.6 Å². The van der Waals surface area contributed by atoms with E-state index in [0.717, 1.165) is 11.8 Å². The zero-order chi connectivity index (χ0) is 55.9. The Hall–Kier alpha value is -5.18. The molecule has 5 rings (SSSR count). The lowest BCUT2D eigenvalue weighted by molar-refractivity contribution is -0.244. The minimum atomic E-state index is -1.51. The van der Waals surface area contributed by atoms with E-state index in [-0.39, 0.29) is 69.7 Å². The number of aliphatic hydroxyl groups is 7. The van der Waals surface area contributed by atoms with Gasteiger partial charge in [-0.25, -0.2) is 14.4 Å². The van der Waals surface area contributed by atoms with Crippen molar-refractivity contribution in [1.82, 2.24) is 21.3 Å². The number of Topliss-reactive ketones (excluding diaryl/α,β-unsaturated/α-hetero) is 1. The van der Waals surface area contributed by atoms with Gasteiger partial charge in [0.05, 0.1) is 107 Å². The molecule has 0 saturated carbocycles. The molecule has 1 aromatic rings. The van der Waals surface area contributed by atoms with Gasteiger partial charge in [-0.15, -0.1) is 24.9 Å². The lowest BCUT2D eigenvalue weighted by atomic mass is 9.86. The van der Waals surface area contributed by atoms with E-state index in [0.29, 0.717) is 11.8 Å². The van der Waals surface area contributed by atoms with Crippen molar-refractivity contribution in [1.29, 1.82) is 0 Å². The molecule has 76 heavy (non-hydrogen) atoms. The number of benzene rings is 1. The standard InChI is InChI=1S/C46H66N4O23S.C2H4/c1-65-17-28-41(60)32(16-54)71-35(43(28)73-46(64)50-8-7-47-37(56)11-25-29(55)12-36(74-2)42(25)61)21-67-19-27-39(58)31(15-53)70-34(40(27)59)20-66-18-26-33(22-68-30(14-52)38(26)57)72-45(63)49-10-9-48-44(62)69-24-5-3-23(13-51)4-6-24;1-2/h3-6,12-13,25-28,30-35,38-41,43,52-54,57-60H,7-11,14-22H2,1-2H3,(H,47,56)(H,48,62)(H,49,63)(H,50,64);1-2H2. The molecule has 426 valence electrons. The Morgan fingerprint density at radius 1 is 0.684 bits per heavy atom. The van der Waals surface area contributed by atoms with E-state index >= 15 is 0 Å². The molecule has 3 saturated heterocycles. The molecule has 27 nitrogen and oxygen atoms in total. The maximum Gasteiger partial charge on any atom is 0.412 e. The van der Waals surface area contributed by atoms with Crippen LogP contribution in [0.4, 0.5) is 14.4 Å². The van der Waals surface area contributed by atoms with Crippen molar-refractivity contribution >= 4 is 53.8 Å². The maximum atomic E-state index is 13.1. The van der Waals surface area contributed by atoms with Crippen LogP contribution in [0.15, 0.2) is 48.4 Å². The molecule has 4 amide bonds. The number of nitrogens with one attached hydrogen (secondary N) is 4. The number of alkyl carbamates (subject to hydrolysis) is 2. The van der Waals surface area contributed by atoms with Crippen molar-refractivity contribution in [2.24, 2.45) is 23.7 Å². The molecule has 15 unspecified atom stereocenters. The predicted octanol–water partition coefficient (Wildman–Crippen LogP) is -3.02. The largest absolute Gasteiger partial charge is 0.443 e. The molecule has 28 heteroatoms. The molecule has 3 aliphatic heterocycles. The summed E-state index contributed by atoms with van der Waals surface area (Å²) in [6.07, 6.45) is -13.7.